The zero-order chi connectivity index (χ0) is 13.9. The van der Waals surface area contributed by atoms with Crippen LogP contribution in [0.4, 0.5) is 0 Å². The second-order valence-electron chi connectivity index (χ2n) is 5.19. The monoisotopic (exact) mass is 295 g/mol. The Morgan fingerprint density at radius 1 is 1.05 bits per heavy atom. The summed E-state index contributed by atoms with van der Waals surface area (Å²) in [6.45, 7) is 2.63. The molecule has 0 spiro atoms. The number of nitrogens with zero attached hydrogens (tertiary/aromatic N) is 1. The van der Waals surface area contributed by atoms with Gasteiger partial charge in [0.15, 0.2) is 11.5 Å². The second-order valence-corrected chi connectivity index (χ2v) is 5.60. The Balaban J connectivity index is 1.85. The maximum absolute atomic E-state index is 12.6. The Morgan fingerprint density at radius 2 is 1.75 bits per heavy atom. The number of halogens is 1. The number of likely N-dealkylation sites (tertiary alicyclic amines) is 1. The van der Waals surface area contributed by atoms with Gasteiger partial charge < -0.3 is 14.4 Å². The van der Waals surface area contributed by atoms with Crippen LogP contribution < -0.4 is 9.47 Å². The van der Waals surface area contributed by atoms with E-state index in [0.717, 1.165) is 25.9 Å². The summed E-state index contributed by atoms with van der Waals surface area (Å²) in [7, 11) is 0. The largest absolute Gasteiger partial charge is 0.486 e. The molecule has 0 aromatic heterocycles. The van der Waals surface area contributed by atoms with E-state index >= 15 is 0 Å². The number of carbonyl (C=O) groups excluding carboxylic acids is 1. The Hall–Kier alpha value is -1.42. The number of fused-ring (bicyclic) bond motifs is 1. The Kier molecular flexibility index (Phi) is 4.01. The van der Waals surface area contributed by atoms with Crippen LogP contribution in [0.25, 0.3) is 0 Å². The van der Waals surface area contributed by atoms with E-state index in [2.05, 4.69) is 0 Å². The van der Waals surface area contributed by atoms with Crippen molar-refractivity contribution in [2.75, 3.05) is 26.3 Å². The van der Waals surface area contributed by atoms with E-state index in [-0.39, 0.29) is 5.91 Å². The van der Waals surface area contributed by atoms with E-state index in [1.54, 1.807) is 12.1 Å². The average molecular weight is 296 g/mol. The fourth-order valence-corrected chi connectivity index (χ4v) is 2.96. The van der Waals surface area contributed by atoms with E-state index in [1.807, 2.05) is 4.90 Å². The van der Waals surface area contributed by atoms with Gasteiger partial charge in [-0.15, -0.1) is 0 Å². The number of hydrogen-bond donors (Lipinski definition) is 0. The van der Waals surface area contributed by atoms with E-state index in [1.165, 1.54) is 12.8 Å². The molecule has 2 aliphatic rings. The van der Waals surface area contributed by atoms with E-state index < -0.39 is 0 Å². The molecule has 0 saturated carbocycles. The van der Waals surface area contributed by atoms with Crippen molar-refractivity contribution >= 4 is 17.5 Å². The minimum atomic E-state index is 0.0331. The van der Waals surface area contributed by atoms with Crippen LogP contribution in [0, 0.1) is 0 Å². The first-order chi connectivity index (χ1) is 9.75. The predicted molar refractivity (Wildman–Crippen MR) is 76.8 cm³/mol. The molecule has 2 heterocycles. The molecule has 0 atom stereocenters. The lowest BCUT2D eigenvalue weighted by Crippen LogP contribution is -2.32. The standard InChI is InChI=1S/C15H18ClNO3/c16-12-9-11(10-13-14(12)20-8-7-19-13)15(18)17-5-3-1-2-4-6-17/h9-10H,1-8H2. The molecule has 0 bridgehead atoms. The van der Waals surface area contributed by atoms with E-state index in [0.29, 0.717) is 35.3 Å². The smallest absolute Gasteiger partial charge is 0.254 e. The van der Waals surface area contributed by atoms with E-state index in [9.17, 15) is 4.79 Å². The van der Waals surface area contributed by atoms with Crippen LogP contribution >= 0.6 is 11.6 Å². The first kappa shape index (κ1) is 13.6. The molecule has 0 aliphatic carbocycles. The van der Waals surface area contributed by atoms with Crippen molar-refractivity contribution in [1.82, 2.24) is 4.90 Å². The van der Waals surface area contributed by atoms with Crippen LogP contribution in [-0.2, 0) is 0 Å². The topological polar surface area (TPSA) is 38.8 Å². The van der Waals surface area contributed by atoms with Crippen LogP contribution in [0.3, 0.4) is 0 Å². The van der Waals surface area contributed by atoms with Crippen molar-refractivity contribution in [2.45, 2.75) is 25.7 Å². The van der Waals surface area contributed by atoms with Gasteiger partial charge >= 0.3 is 0 Å². The van der Waals surface area contributed by atoms with Gasteiger partial charge in [0, 0.05) is 18.7 Å². The molecule has 3 rings (SSSR count). The van der Waals surface area contributed by atoms with Crippen LogP contribution in [0.2, 0.25) is 5.02 Å². The number of benzene rings is 1. The molecular formula is C15H18ClNO3. The molecule has 5 heteroatoms. The molecule has 108 valence electrons. The zero-order valence-corrected chi connectivity index (χ0v) is 12.1. The first-order valence-corrected chi connectivity index (χ1v) is 7.52. The zero-order valence-electron chi connectivity index (χ0n) is 11.4. The van der Waals surface area contributed by atoms with Crippen LogP contribution in [0.5, 0.6) is 11.5 Å². The van der Waals surface area contributed by atoms with Gasteiger partial charge in [-0.25, -0.2) is 0 Å². The summed E-state index contributed by atoms with van der Waals surface area (Å²) in [6.07, 6.45) is 4.55. The molecule has 20 heavy (non-hydrogen) atoms. The summed E-state index contributed by atoms with van der Waals surface area (Å²) in [5.41, 5.74) is 0.584. The van der Waals surface area contributed by atoms with E-state index in [4.69, 9.17) is 21.1 Å². The molecule has 1 aromatic carbocycles. The highest BCUT2D eigenvalue weighted by atomic mass is 35.5. The highest BCUT2D eigenvalue weighted by molar-refractivity contribution is 6.32. The molecule has 1 amide bonds. The average Bonchev–Trinajstić information content (AvgIpc) is 2.75. The third-order valence-electron chi connectivity index (χ3n) is 3.74. The minimum Gasteiger partial charge on any atom is -0.486 e. The van der Waals surface area contributed by atoms with Gasteiger partial charge in [-0.05, 0) is 25.0 Å². The maximum atomic E-state index is 12.6. The first-order valence-electron chi connectivity index (χ1n) is 7.14. The molecule has 0 N–H and O–H groups in total. The predicted octanol–water partition coefficient (Wildman–Crippen LogP) is 3.13. The van der Waals surface area contributed by atoms with Crippen molar-refractivity contribution in [3.05, 3.63) is 22.7 Å². The number of carbonyl (C=O) groups is 1. The quantitative estimate of drug-likeness (QED) is 0.799. The Morgan fingerprint density at radius 3 is 2.50 bits per heavy atom. The molecule has 0 unspecified atom stereocenters. The summed E-state index contributed by atoms with van der Waals surface area (Å²) in [5.74, 6) is 1.15. The van der Waals surface area contributed by atoms with Gasteiger partial charge in [-0.2, -0.15) is 0 Å². The van der Waals surface area contributed by atoms with Crippen molar-refractivity contribution in [3.63, 3.8) is 0 Å². The number of rotatable bonds is 1. The summed E-state index contributed by atoms with van der Waals surface area (Å²) in [5, 5.41) is 0.445. The lowest BCUT2D eigenvalue weighted by atomic mass is 10.1. The highest BCUT2D eigenvalue weighted by Gasteiger charge is 2.22. The summed E-state index contributed by atoms with van der Waals surface area (Å²) >= 11 is 6.19. The summed E-state index contributed by atoms with van der Waals surface area (Å²) < 4.78 is 11.0. The number of ether oxygens (including phenoxy) is 2. The Labute approximate surface area is 123 Å². The van der Waals surface area contributed by atoms with Gasteiger partial charge in [-0.1, -0.05) is 24.4 Å². The van der Waals surface area contributed by atoms with Crippen LogP contribution in [0.1, 0.15) is 36.0 Å². The summed E-state index contributed by atoms with van der Waals surface area (Å²) in [6, 6.07) is 3.43. The third-order valence-corrected chi connectivity index (χ3v) is 4.02. The van der Waals surface area contributed by atoms with Gasteiger partial charge in [0.05, 0.1) is 5.02 Å². The van der Waals surface area contributed by atoms with Crippen molar-refractivity contribution in [2.24, 2.45) is 0 Å². The normalized spacial score (nSPS) is 18.6. The van der Waals surface area contributed by atoms with Gasteiger partial charge in [0.1, 0.15) is 13.2 Å². The minimum absolute atomic E-state index is 0.0331. The van der Waals surface area contributed by atoms with Crippen molar-refractivity contribution < 1.29 is 14.3 Å². The van der Waals surface area contributed by atoms with Gasteiger partial charge in [0.25, 0.3) is 5.91 Å². The molecular weight excluding hydrogens is 278 g/mol. The molecule has 1 saturated heterocycles. The number of hydrogen-bond acceptors (Lipinski definition) is 3. The van der Waals surface area contributed by atoms with Crippen LogP contribution in [-0.4, -0.2) is 37.1 Å². The summed E-state index contributed by atoms with van der Waals surface area (Å²) in [4.78, 5) is 14.5. The SMILES string of the molecule is O=C(c1cc(Cl)c2c(c1)OCCO2)N1CCCCCC1. The molecule has 1 aromatic rings. The molecule has 4 nitrogen and oxygen atoms in total. The molecule has 1 fully saturated rings. The second kappa shape index (κ2) is 5.92. The van der Waals surface area contributed by atoms with Gasteiger partial charge in [-0.3, -0.25) is 4.79 Å². The van der Waals surface area contributed by atoms with Crippen molar-refractivity contribution in [1.29, 1.82) is 0 Å². The molecule has 0 radical (unpaired) electrons. The number of amides is 1. The van der Waals surface area contributed by atoms with Gasteiger partial charge in [0.2, 0.25) is 0 Å². The van der Waals surface area contributed by atoms with Crippen molar-refractivity contribution in [3.8, 4) is 11.5 Å². The maximum Gasteiger partial charge on any atom is 0.254 e. The Bertz CT molecular complexity index is 510. The fourth-order valence-electron chi connectivity index (χ4n) is 2.69. The fraction of sp³-hybridized carbons (Fsp3) is 0.533. The van der Waals surface area contributed by atoms with Crippen LogP contribution in [0.15, 0.2) is 12.1 Å². The lowest BCUT2D eigenvalue weighted by Gasteiger charge is -2.23. The molecule has 2 aliphatic heterocycles. The highest BCUT2D eigenvalue weighted by Crippen LogP contribution is 2.38. The lowest BCUT2D eigenvalue weighted by molar-refractivity contribution is 0.0760. The third kappa shape index (κ3) is 2.70.